The minimum absolute atomic E-state index is 0.967. The Balaban J connectivity index is 1.74. The lowest BCUT2D eigenvalue weighted by Gasteiger charge is -2.10. The number of imidazole rings is 1. The van der Waals surface area contributed by atoms with Gasteiger partial charge in [0.25, 0.3) is 0 Å². The van der Waals surface area contributed by atoms with Crippen LogP contribution in [0.15, 0.2) is 29.9 Å². The summed E-state index contributed by atoms with van der Waals surface area (Å²) in [5.74, 6) is 1.07. The topological polar surface area (TPSA) is 33.1 Å². The molecule has 0 atom stereocenters. The summed E-state index contributed by atoms with van der Waals surface area (Å²) in [5.41, 5.74) is 0. The van der Waals surface area contributed by atoms with Gasteiger partial charge in [0, 0.05) is 25.5 Å². The molecule has 0 spiro atoms. The lowest BCUT2D eigenvalue weighted by atomic mass is 10.4. The van der Waals surface area contributed by atoms with Crippen LogP contribution < -0.4 is 5.32 Å². The van der Waals surface area contributed by atoms with Gasteiger partial charge in [0.2, 0.25) is 0 Å². The molecular formula is C14H22N4S. The van der Waals surface area contributed by atoms with Gasteiger partial charge in [-0.1, -0.05) is 6.07 Å². The quantitative estimate of drug-likeness (QED) is 0.751. The van der Waals surface area contributed by atoms with Gasteiger partial charge in [-0.3, -0.25) is 0 Å². The van der Waals surface area contributed by atoms with E-state index in [2.05, 4.69) is 57.6 Å². The summed E-state index contributed by atoms with van der Waals surface area (Å²) >= 11 is 1.74. The summed E-state index contributed by atoms with van der Waals surface area (Å²) in [6.07, 6.45) is 5.12. The standard InChI is InChI=1S/C14H22N4S/c1-17(2)9-4-6-15-7-10-18-11-8-16-14(18)13-5-3-12-19-13/h3,5,8,11-12,15H,4,6-7,9-10H2,1-2H3. The molecule has 4 nitrogen and oxygen atoms in total. The van der Waals surface area contributed by atoms with Crippen LogP contribution in [0.3, 0.4) is 0 Å². The van der Waals surface area contributed by atoms with Crippen LogP contribution in [0.2, 0.25) is 0 Å². The molecule has 0 aliphatic heterocycles. The van der Waals surface area contributed by atoms with Gasteiger partial charge in [-0.25, -0.2) is 4.98 Å². The Morgan fingerprint density at radius 2 is 2.26 bits per heavy atom. The van der Waals surface area contributed by atoms with E-state index >= 15 is 0 Å². The molecule has 0 saturated carbocycles. The summed E-state index contributed by atoms with van der Waals surface area (Å²) < 4.78 is 2.21. The van der Waals surface area contributed by atoms with Crippen LogP contribution in [0.4, 0.5) is 0 Å². The molecule has 0 bridgehead atoms. The number of thiophene rings is 1. The monoisotopic (exact) mass is 278 g/mol. The van der Waals surface area contributed by atoms with Crippen molar-refractivity contribution in [3.63, 3.8) is 0 Å². The van der Waals surface area contributed by atoms with Crippen molar-refractivity contribution >= 4 is 11.3 Å². The number of rotatable bonds is 8. The maximum absolute atomic E-state index is 4.44. The average Bonchev–Trinajstić information content (AvgIpc) is 3.03. The van der Waals surface area contributed by atoms with Crippen LogP contribution >= 0.6 is 11.3 Å². The van der Waals surface area contributed by atoms with Gasteiger partial charge < -0.3 is 14.8 Å². The first-order chi connectivity index (χ1) is 9.27. The second-order valence-corrected chi connectivity index (χ2v) is 5.78. The van der Waals surface area contributed by atoms with Gasteiger partial charge in [0.05, 0.1) is 4.88 Å². The molecule has 0 fully saturated rings. The molecule has 2 heterocycles. The van der Waals surface area contributed by atoms with Gasteiger partial charge >= 0.3 is 0 Å². The Labute approximate surface area is 119 Å². The predicted octanol–water partition coefficient (Wildman–Crippen LogP) is 2.15. The molecule has 2 aromatic rings. The van der Waals surface area contributed by atoms with E-state index in [1.807, 2.05) is 6.20 Å². The first-order valence-electron chi connectivity index (χ1n) is 6.68. The van der Waals surface area contributed by atoms with E-state index in [1.165, 1.54) is 11.3 Å². The van der Waals surface area contributed by atoms with E-state index in [1.54, 1.807) is 11.3 Å². The average molecular weight is 278 g/mol. The molecule has 1 N–H and O–H groups in total. The molecule has 2 aromatic heterocycles. The number of nitrogens with zero attached hydrogens (tertiary/aromatic N) is 3. The Hall–Kier alpha value is -1.17. The van der Waals surface area contributed by atoms with Gasteiger partial charge in [-0.15, -0.1) is 11.3 Å². The fourth-order valence-electron chi connectivity index (χ4n) is 1.97. The molecule has 0 radical (unpaired) electrons. The first kappa shape index (κ1) is 14.2. The largest absolute Gasteiger partial charge is 0.329 e. The third kappa shape index (κ3) is 4.45. The fourth-order valence-corrected chi connectivity index (χ4v) is 2.70. The third-order valence-electron chi connectivity index (χ3n) is 2.95. The molecule has 0 aliphatic rings. The molecule has 5 heteroatoms. The smallest absolute Gasteiger partial charge is 0.150 e. The summed E-state index contributed by atoms with van der Waals surface area (Å²) in [6, 6.07) is 4.19. The Bertz CT molecular complexity index is 462. The highest BCUT2D eigenvalue weighted by Gasteiger charge is 2.05. The molecule has 0 aromatic carbocycles. The summed E-state index contributed by atoms with van der Waals surface area (Å²) in [6.45, 7) is 4.16. The minimum Gasteiger partial charge on any atom is -0.329 e. The molecule has 104 valence electrons. The van der Waals surface area contributed by atoms with Crippen molar-refractivity contribution in [3.8, 4) is 10.7 Å². The Kier molecular flexibility index (Phi) is 5.57. The SMILES string of the molecule is CN(C)CCCNCCn1ccnc1-c1cccs1. The van der Waals surface area contributed by atoms with Crippen molar-refractivity contribution in [2.24, 2.45) is 0 Å². The van der Waals surface area contributed by atoms with E-state index in [0.717, 1.165) is 32.0 Å². The first-order valence-corrected chi connectivity index (χ1v) is 7.56. The van der Waals surface area contributed by atoms with E-state index in [-0.39, 0.29) is 0 Å². The number of hydrogen-bond donors (Lipinski definition) is 1. The highest BCUT2D eigenvalue weighted by Crippen LogP contribution is 2.22. The van der Waals surface area contributed by atoms with Crippen LogP contribution in [-0.4, -0.2) is 48.2 Å². The van der Waals surface area contributed by atoms with Gasteiger partial charge in [-0.05, 0) is 45.1 Å². The maximum atomic E-state index is 4.44. The van der Waals surface area contributed by atoms with E-state index in [9.17, 15) is 0 Å². The van der Waals surface area contributed by atoms with Crippen LogP contribution in [-0.2, 0) is 6.54 Å². The van der Waals surface area contributed by atoms with Crippen molar-refractivity contribution < 1.29 is 0 Å². The number of nitrogens with one attached hydrogen (secondary N) is 1. The zero-order valence-electron chi connectivity index (χ0n) is 11.7. The zero-order valence-corrected chi connectivity index (χ0v) is 12.5. The van der Waals surface area contributed by atoms with Crippen LogP contribution in [0.5, 0.6) is 0 Å². The summed E-state index contributed by atoms with van der Waals surface area (Å²) in [4.78, 5) is 7.88. The van der Waals surface area contributed by atoms with Crippen molar-refractivity contribution in [2.75, 3.05) is 33.7 Å². The van der Waals surface area contributed by atoms with Crippen LogP contribution in [0.1, 0.15) is 6.42 Å². The summed E-state index contributed by atoms with van der Waals surface area (Å²) in [7, 11) is 4.22. The van der Waals surface area contributed by atoms with Crippen molar-refractivity contribution in [1.29, 1.82) is 0 Å². The van der Waals surface area contributed by atoms with Gasteiger partial charge in [-0.2, -0.15) is 0 Å². The predicted molar refractivity (Wildman–Crippen MR) is 81.6 cm³/mol. The van der Waals surface area contributed by atoms with Crippen molar-refractivity contribution in [3.05, 3.63) is 29.9 Å². The highest BCUT2D eigenvalue weighted by atomic mass is 32.1. The van der Waals surface area contributed by atoms with Crippen molar-refractivity contribution in [1.82, 2.24) is 19.8 Å². The molecule has 0 saturated heterocycles. The third-order valence-corrected chi connectivity index (χ3v) is 3.81. The number of aromatic nitrogens is 2. The Morgan fingerprint density at radius 3 is 3.00 bits per heavy atom. The molecular weight excluding hydrogens is 256 g/mol. The Morgan fingerprint density at radius 1 is 1.37 bits per heavy atom. The normalized spacial score (nSPS) is 11.3. The lowest BCUT2D eigenvalue weighted by Crippen LogP contribution is -2.24. The molecule has 2 rings (SSSR count). The van der Waals surface area contributed by atoms with Gasteiger partial charge in [0.15, 0.2) is 0 Å². The van der Waals surface area contributed by atoms with E-state index in [0.29, 0.717) is 0 Å². The molecule has 0 unspecified atom stereocenters. The van der Waals surface area contributed by atoms with Crippen molar-refractivity contribution in [2.45, 2.75) is 13.0 Å². The fraction of sp³-hybridized carbons (Fsp3) is 0.500. The molecule has 0 aliphatic carbocycles. The lowest BCUT2D eigenvalue weighted by molar-refractivity contribution is 0.393. The zero-order chi connectivity index (χ0) is 13.5. The molecule has 19 heavy (non-hydrogen) atoms. The van der Waals surface area contributed by atoms with Gasteiger partial charge in [0.1, 0.15) is 5.82 Å². The van der Waals surface area contributed by atoms with E-state index < -0.39 is 0 Å². The molecule has 0 amide bonds. The number of hydrogen-bond acceptors (Lipinski definition) is 4. The summed E-state index contributed by atoms with van der Waals surface area (Å²) in [5, 5.41) is 5.57. The highest BCUT2D eigenvalue weighted by molar-refractivity contribution is 7.13. The second-order valence-electron chi connectivity index (χ2n) is 4.83. The minimum atomic E-state index is 0.967. The van der Waals surface area contributed by atoms with Crippen LogP contribution in [0.25, 0.3) is 10.7 Å². The van der Waals surface area contributed by atoms with Crippen LogP contribution in [0, 0.1) is 0 Å². The maximum Gasteiger partial charge on any atom is 0.150 e. The second kappa shape index (κ2) is 7.43. The van der Waals surface area contributed by atoms with E-state index in [4.69, 9.17) is 0 Å².